The molecule has 2 heteroatoms. The van der Waals surface area contributed by atoms with Gasteiger partial charge in [-0.25, -0.2) is 0 Å². The Hall–Kier alpha value is 0.860. The molecule has 0 aliphatic carbocycles. The van der Waals surface area contributed by atoms with Gasteiger partial charge in [0.1, 0.15) is 0 Å². The summed E-state index contributed by atoms with van der Waals surface area (Å²) in [6.45, 7) is 11.4. The van der Waals surface area contributed by atoms with Crippen molar-refractivity contribution in [1.82, 2.24) is 0 Å². The van der Waals surface area contributed by atoms with Gasteiger partial charge in [-0.2, -0.15) is 0 Å². The molecule has 2 atom stereocenters. The largest absolute Gasteiger partial charge is 0.122 e. The first-order chi connectivity index (χ1) is 7.72. The molecule has 0 aromatic heterocycles. The molecule has 0 saturated heterocycles. The predicted molar refractivity (Wildman–Crippen MR) is 86.4 cm³/mol. The molecular formula is C14H34P2. The van der Waals surface area contributed by atoms with Crippen LogP contribution in [0.3, 0.4) is 0 Å². The summed E-state index contributed by atoms with van der Waals surface area (Å²) in [5.74, 6) is 0.967. The van der Waals surface area contributed by atoms with Crippen LogP contribution in [0.1, 0.15) is 60.3 Å². The van der Waals surface area contributed by atoms with E-state index in [1.165, 1.54) is 67.5 Å². The molecule has 0 aliphatic heterocycles. The molecule has 0 heterocycles. The van der Waals surface area contributed by atoms with Gasteiger partial charge in [0.2, 0.25) is 0 Å². The van der Waals surface area contributed by atoms with E-state index in [0.717, 1.165) is 5.92 Å². The zero-order valence-corrected chi connectivity index (χ0v) is 14.2. The second-order valence-electron chi connectivity index (χ2n) is 4.47. The van der Waals surface area contributed by atoms with Crippen molar-refractivity contribution in [2.45, 2.75) is 60.3 Å². The highest BCUT2D eigenvalue weighted by Gasteiger charge is 1.95. The van der Waals surface area contributed by atoms with E-state index >= 15 is 0 Å². The lowest BCUT2D eigenvalue weighted by Gasteiger charge is -2.05. The Morgan fingerprint density at radius 2 is 1.19 bits per heavy atom. The quantitative estimate of drug-likeness (QED) is 0.375. The molecule has 2 unspecified atom stereocenters. The summed E-state index contributed by atoms with van der Waals surface area (Å²) in [6, 6.07) is 0. The molecule has 0 bridgehead atoms. The van der Waals surface area contributed by atoms with Crippen molar-refractivity contribution >= 4 is 17.2 Å². The van der Waals surface area contributed by atoms with Gasteiger partial charge in [-0.3, -0.25) is 0 Å². The lowest BCUT2D eigenvalue weighted by Crippen LogP contribution is -1.94. The average Bonchev–Trinajstić information content (AvgIpc) is 2.31. The summed E-state index contributed by atoms with van der Waals surface area (Å²) >= 11 is 0. The lowest BCUT2D eigenvalue weighted by molar-refractivity contribution is 0.634. The first kappa shape index (κ1) is 19.2. The molecule has 0 rings (SSSR count). The molecule has 0 spiro atoms. The highest BCUT2D eigenvalue weighted by Crippen LogP contribution is 2.17. The summed E-state index contributed by atoms with van der Waals surface area (Å²) in [7, 11) is 2.45. The monoisotopic (exact) mass is 264 g/mol. The van der Waals surface area contributed by atoms with Crippen molar-refractivity contribution < 1.29 is 0 Å². The topological polar surface area (TPSA) is 0 Å². The second-order valence-corrected chi connectivity index (χ2v) is 7.38. The second kappa shape index (κ2) is 18.2. The molecule has 0 saturated carbocycles. The summed E-state index contributed by atoms with van der Waals surface area (Å²) in [4.78, 5) is 0. The van der Waals surface area contributed by atoms with Crippen molar-refractivity contribution in [2.24, 2.45) is 5.92 Å². The Morgan fingerprint density at radius 1 is 0.750 bits per heavy atom. The smallest absolute Gasteiger partial charge is 0.0328 e. The van der Waals surface area contributed by atoms with E-state index in [2.05, 4.69) is 34.6 Å². The molecule has 0 N–H and O–H groups in total. The van der Waals surface area contributed by atoms with Gasteiger partial charge in [-0.1, -0.05) is 60.3 Å². The van der Waals surface area contributed by atoms with Crippen LogP contribution in [0.5, 0.6) is 0 Å². The van der Waals surface area contributed by atoms with Crippen LogP contribution in [-0.4, -0.2) is 24.6 Å². The fraction of sp³-hybridized carbons (Fsp3) is 1.00. The van der Waals surface area contributed by atoms with Gasteiger partial charge in [0.25, 0.3) is 0 Å². The highest BCUT2D eigenvalue weighted by atomic mass is 31.1. The number of hydrogen-bond donors (Lipinski definition) is 0. The molecule has 0 radical (unpaired) electrons. The Balaban J connectivity index is 0. The maximum absolute atomic E-state index is 2.35. The first-order valence-electron chi connectivity index (χ1n) is 7.14. The van der Waals surface area contributed by atoms with E-state index in [1.54, 1.807) is 0 Å². The maximum Gasteiger partial charge on any atom is -0.0328 e. The molecule has 0 aliphatic rings. The van der Waals surface area contributed by atoms with Gasteiger partial charge in [0.05, 0.1) is 0 Å². The Morgan fingerprint density at radius 3 is 1.56 bits per heavy atom. The van der Waals surface area contributed by atoms with Gasteiger partial charge in [0.15, 0.2) is 0 Å². The minimum Gasteiger partial charge on any atom is -0.122 e. The van der Waals surface area contributed by atoms with Gasteiger partial charge >= 0.3 is 0 Å². The Kier molecular flexibility index (Phi) is 21.9. The van der Waals surface area contributed by atoms with Crippen LogP contribution in [0.2, 0.25) is 0 Å². The van der Waals surface area contributed by atoms with E-state index in [0.29, 0.717) is 0 Å². The Bertz CT molecular complexity index is 101. The third-order valence-corrected chi connectivity index (χ3v) is 6.02. The zero-order valence-electron chi connectivity index (χ0n) is 12.2. The third-order valence-electron chi connectivity index (χ3n) is 2.47. The SMILES string of the molecule is CCCPCC(C)CC.CCCPCCC. The number of hydrogen-bond acceptors (Lipinski definition) is 0. The molecule has 0 aromatic carbocycles. The van der Waals surface area contributed by atoms with E-state index in [4.69, 9.17) is 0 Å². The lowest BCUT2D eigenvalue weighted by atomic mass is 10.2. The summed E-state index contributed by atoms with van der Waals surface area (Å²) in [6.07, 6.45) is 11.3. The van der Waals surface area contributed by atoms with Gasteiger partial charge in [0, 0.05) is 0 Å². The fourth-order valence-corrected chi connectivity index (χ4v) is 3.44. The van der Waals surface area contributed by atoms with E-state index in [1.807, 2.05) is 0 Å². The van der Waals surface area contributed by atoms with Crippen molar-refractivity contribution in [3.05, 3.63) is 0 Å². The van der Waals surface area contributed by atoms with E-state index < -0.39 is 0 Å². The normalized spacial score (nSPS) is 12.6. The Labute approximate surface area is 108 Å². The standard InChI is InChI=1S/C8H19P.C6H15P/c1-4-6-9-7-8(3)5-2;1-3-5-7-6-4-2/h8-9H,4-7H2,1-3H3;7H,3-6H2,1-2H3. The van der Waals surface area contributed by atoms with Gasteiger partial charge in [-0.15, -0.1) is 17.2 Å². The van der Waals surface area contributed by atoms with Crippen molar-refractivity contribution in [2.75, 3.05) is 24.6 Å². The summed E-state index contributed by atoms with van der Waals surface area (Å²) < 4.78 is 0. The third kappa shape index (κ3) is 20.3. The molecule has 16 heavy (non-hydrogen) atoms. The van der Waals surface area contributed by atoms with Crippen LogP contribution < -0.4 is 0 Å². The minimum absolute atomic E-state index is 0.967. The van der Waals surface area contributed by atoms with Gasteiger partial charge in [-0.05, 0) is 30.6 Å². The first-order valence-corrected chi connectivity index (χ1v) is 9.96. The van der Waals surface area contributed by atoms with Crippen LogP contribution in [0, 0.1) is 5.92 Å². The van der Waals surface area contributed by atoms with Crippen LogP contribution in [0.15, 0.2) is 0 Å². The fourth-order valence-electron chi connectivity index (χ4n) is 1.15. The van der Waals surface area contributed by atoms with Gasteiger partial charge < -0.3 is 0 Å². The van der Waals surface area contributed by atoms with Crippen molar-refractivity contribution in [1.29, 1.82) is 0 Å². The molecule has 0 fully saturated rings. The predicted octanol–water partition coefficient (Wildman–Crippen LogP) is 5.61. The van der Waals surface area contributed by atoms with Crippen LogP contribution in [0.25, 0.3) is 0 Å². The van der Waals surface area contributed by atoms with Crippen LogP contribution in [-0.2, 0) is 0 Å². The summed E-state index contributed by atoms with van der Waals surface area (Å²) in [5.41, 5.74) is 0. The van der Waals surface area contributed by atoms with Crippen LogP contribution >= 0.6 is 17.2 Å². The van der Waals surface area contributed by atoms with E-state index in [-0.39, 0.29) is 0 Å². The number of rotatable bonds is 9. The molecular weight excluding hydrogens is 230 g/mol. The molecule has 0 nitrogen and oxygen atoms in total. The van der Waals surface area contributed by atoms with E-state index in [9.17, 15) is 0 Å². The van der Waals surface area contributed by atoms with Crippen LogP contribution in [0.4, 0.5) is 0 Å². The van der Waals surface area contributed by atoms with Crippen molar-refractivity contribution in [3.63, 3.8) is 0 Å². The zero-order chi connectivity index (χ0) is 12.6. The molecule has 100 valence electrons. The highest BCUT2D eigenvalue weighted by molar-refractivity contribution is 7.38. The molecule has 0 aromatic rings. The maximum atomic E-state index is 2.35. The molecule has 0 amide bonds. The summed E-state index contributed by atoms with van der Waals surface area (Å²) in [5, 5.41) is 0. The average molecular weight is 264 g/mol. The minimum atomic E-state index is 0.967. The van der Waals surface area contributed by atoms with Crippen molar-refractivity contribution in [3.8, 4) is 0 Å².